The Kier molecular flexibility index (Phi) is 5.52. The number of carbonyl (C=O) groups is 1. The number of hydrogen-bond acceptors (Lipinski definition) is 4. The van der Waals surface area contributed by atoms with Crippen LogP contribution in [0.2, 0.25) is 0 Å². The SMILES string of the molecule is CCC(CN)CC(=O)Nc1ccc(C2OCCO2)cc1. The number of carbonyl (C=O) groups excluding carboxylic acids is 1. The van der Waals surface area contributed by atoms with Crippen LogP contribution in [-0.4, -0.2) is 25.7 Å². The molecule has 5 heteroatoms. The molecule has 1 amide bonds. The van der Waals surface area contributed by atoms with E-state index in [1.54, 1.807) is 0 Å². The first-order valence-electron chi connectivity index (χ1n) is 7.06. The number of nitrogens with one attached hydrogen (secondary N) is 1. The number of anilines is 1. The Morgan fingerprint density at radius 2 is 2.00 bits per heavy atom. The van der Waals surface area contributed by atoms with Crippen molar-refractivity contribution in [3.05, 3.63) is 29.8 Å². The van der Waals surface area contributed by atoms with E-state index in [2.05, 4.69) is 5.32 Å². The van der Waals surface area contributed by atoms with Gasteiger partial charge < -0.3 is 20.5 Å². The van der Waals surface area contributed by atoms with E-state index in [4.69, 9.17) is 15.2 Å². The summed E-state index contributed by atoms with van der Waals surface area (Å²) in [5.74, 6) is 0.248. The van der Waals surface area contributed by atoms with E-state index >= 15 is 0 Å². The minimum atomic E-state index is -0.276. The van der Waals surface area contributed by atoms with Crippen LogP contribution in [0.15, 0.2) is 24.3 Å². The third-order valence-electron chi connectivity index (χ3n) is 3.47. The second kappa shape index (κ2) is 7.38. The molecule has 1 aromatic carbocycles. The Labute approximate surface area is 119 Å². The average molecular weight is 278 g/mol. The van der Waals surface area contributed by atoms with Gasteiger partial charge in [0.25, 0.3) is 0 Å². The van der Waals surface area contributed by atoms with E-state index in [9.17, 15) is 4.79 Å². The van der Waals surface area contributed by atoms with Crippen molar-refractivity contribution in [2.75, 3.05) is 25.1 Å². The van der Waals surface area contributed by atoms with Crippen LogP contribution in [0.4, 0.5) is 5.69 Å². The first-order valence-corrected chi connectivity index (χ1v) is 7.06. The maximum absolute atomic E-state index is 11.9. The van der Waals surface area contributed by atoms with Crippen molar-refractivity contribution in [2.45, 2.75) is 26.1 Å². The third-order valence-corrected chi connectivity index (χ3v) is 3.47. The molecule has 1 heterocycles. The topological polar surface area (TPSA) is 73.6 Å². The molecule has 0 aliphatic carbocycles. The minimum Gasteiger partial charge on any atom is -0.346 e. The van der Waals surface area contributed by atoms with Crippen molar-refractivity contribution in [1.82, 2.24) is 0 Å². The molecule has 1 fully saturated rings. The molecule has 1 aromatic rings. The van der Waals surface area contributed by atoms with Gasteiger partial charge in [-0.1, -0.05) is 25.5 Å². The number of amides is 1. The van der Waals surface area contributed by atoms with E-state index in [1.165, 1.54) is 0 Å². The average Bonchev–Trinajstić information content (AvgIpc) is 2.99. The first kappa shape index (κ1) is 15.0. The molecule has 1 saturated heterocycles. The largest absolute Gasteiger partial charge is 0.346 e. The highest BCUT2D eigenvalue weighted by molar-refractivity contribution is 5.90. The van der Waals surface area contributed by atoms with Gasteiger partial charge in [-0.2, -0.15) is 0 Å². The fourth-order valence-corrected chi connectivity index (χ4v) is 2.14. The van der Waals surface area contributed by atoms with Gasteiger partial charge in [0.15, 0.2) is 6.29 Å². The monoisotopic (exact) mass is 278 g/mol. The molecule has 1 atom stereocenters. The summed E-state index contributed by atoms with van der Waals surface area (Å²) in [7, 11) is 0. The quantitative estimate of drug-likeness (QED) is 0.835. The Bertz CT molecular complexity index is 423. The normalized spacial score (nSPS) is 17.1. The number of rotatable bonds is 6. The summed E-state index contributed by atoms with van der Waals surface area (Å²) in [4.78, 5) is 11.9. The van der Waals surface area contributed by atoms with Crippen LogP contribution in [0, 0.1) is 5.92 Å². The molecule has 1 aliphatic rings. The number of ether oxygens (including phenoxy) is 2. The van der Waals surface area contributed by atoms with Gasteiger partial charge >= 0.3 is 0 Å². The van der Waals surface area contributed by atoms with Gasteiger partial charge in [-0.05, 0) is 24.6 Å². The molecule has 5 nitrogen and oxygen atoms in total. The molecule has 1 unspecified atom stereocenters. The van der Waals surface area contributed by atoms with Gasteiger partial charge in [-0.15, -0.1) is 0 Å². The zero-order valence-electron chi connectivity index (χ0n) is 11.8. The highest BCUT2D eigenvalue weighted by Crippen LogP contribution is 2.24. The van der Waals surface area contributed by atoms with Crippen LogP contribution in [-0.2, 0) is 14.3 Å². The third kappa shape index (κ3) is 4.03. The van der Waals surface area contributed by atoms with Gasteiger partial charge in [0, 0.05) is 17.7 Å². The van der Waals surface area contributed by atoms with Crippen molar-refractivity contribution in [1.29, 1.82) is 0 Å². The molecular weight excluding hydrogens is 256 g/mol. The zero-order valence-corrected chi connectivity index (χ0v) is 11.8. The molecule has 0 radical (unpaired) electrons. The number of hydrogen-bond donors (Lipinski definition) is 2. The molecule has 0 saturated carbocycles. The van der Waals surface area contributed by atoms with Crippen LogP contribution < -0.4 is 11.1 Å². The predicted octanol–water partition coefficient (Wildman–Crippen LogP) is 2.05. The molecule has 0 spiro atoms. The van der Waals surface area contributed by atoms with Crippen LogP contribution in [0.1, 0.15) is 31.6 Å². The second-order valence-corrected chi connectivity index (χ2v) is 4.96. The summed E-state index contributed by atoms with van der Waals surface area (Å²) in [5, 5.41) is 2.88. The van der Waals surface area contributed by atoms with E-state index in [-0.39, 0.29) is 18.1 Å². The number of nitrogens with two attached hydrogens (primary N) is 1. The summed E-state index contributed by atoms with van der Waals surface area (Å²) >= 11 is 0. The van der Waals surface area contributed by atoms with Crippen LogP contribution in [0.25, 0.3) is 0 Å². The fourth-order valence-electron chi connectivity index (χ4n) is 2.14. The van der Waals surface area contributed by atoms with Gasteiger partial charge in [0.05, 0.1) is 13.2 Å². The summed E-state index contributed by atoms with van der Waals surface area (Å²) in [6.45, 7) is 3.84. The van der Waals surface area contributed by atoms with Crippen LogP contribution >= 0.6 is 0 Å². The predicted molar refractivity (Wildman–Crippen MR) is 77.2 cm³/mol. The molecule has 0 bridgehead atoms. The lowest BCUT2D eigenvalue weighted by Gasteiger charge is -2.13. The molecular formula is C15H22N2O3. The Morgan fingerprint density at radius 3 is 2.55 bits per heavy atom. The van der Waals surface area contributed by atoms with Crippen molar-refractivity contribution in [3.8, 4) is 0 Å². The van der Waals surface area contributed by atoms with Crippen LogP contribution in [0.5, 0.6) is 0 Å². The summed E-state index contributed by atoms with van der Waals surface area (Å²) in [5.41, 5.74) is 7.35. The smallest absolute Gasteiger partial charge is 0.224 e. The number of benzene rings is 1. The van der Waals surface area contributed by atoms with Crippen molar-refractivity contribution in [2.24, 2.45) is 11.7 Å². The standard InChI is InChI=1S/C15H22N2O3/c1-2-11(10-16)9-14(18)17-13-5-3-12(4-6-13)15-19-7-8-20-15/h3-6,11,15H,2,7-10,16H2,1H3,(H,17,18). The highest BCUT2D eigenvalue weighted by Gasteiger charge is 2.18. The first-order chi connectivity index (χ1) is 9.72. The van der Waals surface area contributed by atoms with Gasteiger partial charge in [0.1, 0.15) is 0 Å². The minimum absolute atomic E-state index is 0.00316. The molecule has 2 rings (SSSR count). The summed E-state index contributed by atoms with van der Waals surface area (Å²) in [6, 6.07) is 7.54. The lowest BCUT2D eigenvalue weighted by molar-refractivity contribution is -0.117. The Hall–Kier alpha value is -1.43. The van der Waals surface area contributed by atoms with E-state index in [1.807, 2.05) is 31.2 Å². The van der Waals surface area contributed by atoms with E-state index in [0.29, 0.717) is 26.2 Å². The lowest BCUT2D eigenvalue weighted by atomic mass is 10.0. The van der Waals surface area contributed by atoms with Crippen molar-refractivity contribution >= 4 is 11.6 Å². The second-order valence-electron chi connectivity index (χ2n) is 4.96. The molecule has 20 heavy (non-hydrogen) atoms. The molecule has 1 aliphatic heterocycles. The summed E-state index contributed by atoms with van der Waals surface area (Å²) in [6.07, 6.45) is 1.10. The van der Waals surface area contributed by atoms with Gasteiger partial charge in [-0.3, -0.25) is 4.79 Å². The van der Waals surface area contributed by atoms with Gasteiger partial charge in [-0.25, -0.2) is 0 Å². The molecule has 0 aromatic heterocycles. The molecule has 110 valence electrons. The Morgan fingerprint density at radius 1 is 1.35 bits per heavy atom. The van der Waals surface area contributed by atoms with E-state index in [0.717, 1.165) is 17.7 Å². The van der Waals surface area contributed by atoms with Crippen LogP contribution in [0.3, 0.4) is 0 Å². The maximum Gasteiger partial charge on any atom is 0.224 e. The van der Waals surface area contributed by atoms with Gasteiger partial charge in [0.2, 0.25) is 5.91 Å². The van der Waals surface area contributed by atoms with E-state index < -0.39 is 0 Å². The lowest BCUT2D eigenvalue weighted by Crippen LogP contribution is -2.21. The zero-order chi connectivity index (χ0) is 14.4. The van der Waals surface area contributed by atoms with Crippen molar-refractivity contribution < 1.29 is 14.3 Å². The Balaban J connectivity index is 1.88. The van der Waals surface area contributed by atoms with Crippen molar-refractivity contribution in [3.63, 3.8) is 0 Å². The highest BCUT2D eigenvalue weighted by atomic mass is 16.7. The summed E-state index contributed by atoms with van der Waals surface area (Å²) < 4.78 is 10.8. The maximum atomic E-state index is 11.9. The molecule has 3 N–H and O–H groups in total. The fraction of sp³-hybridized carbons (Fsp3) is 0.533.